The Kier molecular flexibility index (Phi) is 5.54. The highest BCUT2D eigenvalue weighted by atomic mass is 35.5. The van der Waals surface area contributed by atoms with Gasteiger partial charge in [-0.3, -0.25) is 0 Å². The largest absolute Gasteiger partial charge is 0.449 e. The van der Waals surface area contributed by atoms with E-state index in [1.807, 2.05) is 36.4 Å². The number of carbonyl (C=O) groups is 1. The molecule has 4 rings (SSSR count). The molecule has 29 heavy (non-hydrogen) atoms. The summed E-state index contributed by atoms with van der Waals surface area (Å²) in [6.07, 6.45) is 3.18. The SMILES string of the molecule is Nc1ccc(Cl)cc1C=CCNC(=O)OCC1c2ccccc2-c2ccccc21. The van der Waals surface area contributed by atoms with E-state index < -0.39 is 6.09 Å². The van der Waals surface area contributed by atoms with Crippen molar-refractivity contribution in [3.63, 3.8) is 0 Å². The van der Waals surface area contributed by atoms with Crippen molar-refractivity contribution in [1.29, 1.82) is 0 Å². The van der Waals surface area contributed by atoms with Crippen molar-refractivity contribution in [2.45, 2.75) is 5.92 Å². The molecule has 0 atom stereocenters. The van der Waals surface area contributed by atoms with E-state index in [1.54, 1.807) is 18.2 Å². The van der Waals surface area contributed by atoms with E-state index in [-0.39, 0.29) is 5.92 Å². The Labute approximate surface area is 175 Å². The zero-order chi connectivity index (χ0) is 20.2. The minimum Gasteiger partial charge on any atom is -0.449 e. The lowest BCUT2D eigenvalue weighted by Gasteiger charge is -2.14. The number of carbonyl (C=O) groups excluding carboxylic acids is 1. The van der Waals surface area contributed by atoms with E-state index in [9.17, 15) is 4.79 Å². The molecule has 4 nitrogen and oxygen atoms in total. The standard InChI is InChI=1S/C24H21ClN2O2/c25-17-11-12-23(26)16(14-17)6-5-13-27-24(28)29-15-22-20-9-3-1-7-18(20)19-8-2-4-10-21(19)22/h1-12,14,22H,13,15,26H2,(H,27,28). The summed E-state index contributed by atoms with van der Waals surface area (Å²) >= 11 is 5.98. The second kappa shape index (κ2) is 8.41. The Bertz CT molecular complexity index is 1030. The lowest BCUT2D eigenvalue weighted by atomic mass is 9.98. The van der Waals surface area contributed by atoms with Crippen LogP contribution >= 0.6 is 11.6 Å². The summed E-state index contributed by atoms with van der Waals surface area (Å²) in [6, 6.07) is 21.8. The van der Waals surface area contributed by atoms with Crippen molar-refractivity contribution in [1.82, 2.24) is 5.32 Å². The average molecular weight is 405 g/mol. The number of hydrogen-bond donors (Lipinski definition) is 2. The zero-order valence-corrected chi connectivity index (χ0v) is 16.5. The number of alkyl carbamates (subject to hydrolysis) is 1. The van der Waals surface area contributed by atoms with Gasteiger partial charge in [-0.25, -0.2) is 4.79 Å². The molecule has 1 aliphatic carbocycles. The molecule has 0 fully saturated rings. The maximum Gasteiger partial charge on any atom is 0.407 e. The maximum absolute atomic E-state index is 12.1. The van der Waals surface area contributed by atoms with Crippen LogP contribution in [-0.4, -0.2) is 19.2 Å². The molecule has 0 saturated heterocycles. The second-order valence-corrected chi connectivity index (χ2v) is 7.32. The van der Waals surface area contributed by atoms with Crippen LogP contribution in [0.2, 0.25) is 5.02 Å². The monoisotopic (exact) mass is 404 g/mol. The lowest BCUT2D eigenvalue weighted by Crippen LogP contribution is -2.26. The summed E-state index contributed by atoms with van der Waals surface area (Å²) in [5, 5.41) is 3.35. The summed E-state index contributed by atoms with van der Waals surface area (Å²) in [5.74, 6) is 0.0509. The van der Waals surface area contributed by atoms with Crippen molar-refractivity contribution in [2.24, 2.45) is 0 Å². The molecular weight excluding hydrogens is 384 g/mol. The Hall–Kier alpha value is -3.24. The smallest absolute Gasteiger partial charge is 0.407 e. The summed E-state index contributed by atoms with van der Waals surface area (Å²) in [4.78, 5) is 12.1. The highest BCUT2D eigenvalue weighted by molar-refractivity contribution is 6.30. The van der Waals surface area contributed by atoms with Crippen LogP contribution in [0.3, 0.4) is 0 Å². The number of nitrogen functional groups attached to an aromatic ring is 1. The average Bonchev–Trinajstić information content (AvgIpc) is 3.06. The molecule has 1 amide bonds. The molecule has 0 aromatic heterocycles. The van der Waals surface area contributed by atoms with E-state index in [0.717, 1.165) is 5.56 Å². The number of benzene rings is 3. The van der Waals surface area contributed by atoms with E-state index in [4.69, 9.17) is 22.1 Å². The number of halogens is 1. The quantitative estimate of drug-likeness (QED) is 0.554. The van der Waals surface area contributed by atoms with E-state index in [1.165, 1.54) is 22.3 Å². The molecular formula is C24H21ClN2O2. The zero-order valence-electron chi connectivity index (χ0n) is 15.8. The number of nitrogens with one attached hydrogen (secondary N) is 1. The number of hydrogen-bond acceptors (Lipinski definition) is 3. The predicted octanol–water partition coefficient (Wildman–Crippen LogP) is 5.47. The molecule has 0 heterocycles. The molecule has 3 aromatic rings. The van der Waals surface area contributed by atoms with Crippen molar-refractivity contribution < 1.29 is 9.53 Å². The highest BCUT2D eigenvalue weighted by Crippen LogP contribution is 2.44. The normalized spacial score (nSPS) is 12.6. The molecule has 0 aliphatic heterocycles. The number of anilines is 1. The van der Waals surface area contributed by atoms with Gasteiger partial charge in [0.15, 0.2) is 0 Å². The molecule has 3 N–H and O–H groups in total. The van der Waals surface area contributed by atoms with Crippen LogP contribution in [0.5, 0.6) is 0 Å². The number of nitrogens with two attached hydrogens (primary N) is 1. The minimum atomic E-state index is -0.449. The number of amides is 1. The van der Waals surface area contributed by atoms with Gasteiger partial charge < -0.3 is 15.8 Å². The Morgan fingerprint density at radius 3 is 2.38 bits per heavy atom. The molecule has 5 heteroatoms. The number of ether oxygens (including phenoxy) is 1. The fourth-order valence-corrected chi connectivity index (χ4v) is 3.85. The fraction of sp³-hybridized carbons (Fsp3) is 0.125. The van der Waals surface area contributed by atoms with Crippen LogP contribution < -0.4 is 11.1 Å². The molecule has 0 unspecified atom stereocenters. The highest BCUT2D eigenvalue weighted by Gasteiger charge is 2.28. The Morgan fingerprint density at radius 2 is 1.69 bits per heavy atom. The van der Waals surface area contributed by atoms with Crippen LogP contribution in [0, 0.1) is 0 Å². The third kappa shape index (κ3) is 4.13. The Balaban J connectivity index is 1.34. The lowest BCUT2D eigenvalue weighted by molar-refractivity contribution is 0.144. The predicted molar refractivity (Wildman–Crippen MR) is 118 cm³/mol. The third-order valence-corrected chi connectivity index (χ3v) is 5.29. The second-order valence-electron chi connectivity index (χ2n) is 6.88. The minimum absolute atomic E-state index is 0.0509. The first-order valence-corrected chi connectivity index (χ1v) is 9.81. The summed E-state index contributed by atoms with van der Waals surface area (Å²) in [5.41, 5.74) is 12.1. The van der Waals surface area contributed by atoms with Crippen molar-refractivity contribution in [3.05, 3.63) is 94.5 Å². The van der Waals surface area contributed by atoms with Crippen molar-refractivity contribution in [2.75, 3.05) is 18.9 Å². The van der Waals surface area contributed by atoms with Gasteiger partial charge in [0.25, 0.3) is 0 Å². The van der Waals surface area contributed by atoms with Gasteiger partial charge in [0.05, 0.1) is 0 Å². The number of fused-ring (bicyclic) bond motifs is 3. The molecule has 0 bridgehead atoms. The van der Waals surface area contributed by atoms with Crippen LogP contribution in [-0.2, 0) is 4.74 Å². The van der Waals surface area contributed by atoms with Gasteiger partial charge >= 0.3 is 6.09 Å². The Morgan fingerprint density at radius 1 is 1.03 bits per heavy atom. The molecule has 0 spiro atoms. The first kappa shape index (κ1) is 19.1. The van der Waals surface area contributed by atoms with Gasteiger partial charge in [-0.2, -0.15) is 0 Å². The van der Waals surface area contributed by atoms with E-state index in [0.29, 0.717) is 23.9 Å². The molecule has 0 radical (unpaired) electrons. The van der Waals surface area contributed by atoms with Gasteiger partial charge in [0, 0.05) is 23.2 Å². The van der Waals surface area contributed by atoms with Gasteiger partial charge in [-0.1, -0.05) is 72.3 Å². The van der Waals surface area contributed by atoms with Gasteiger partial charge in [0.1, 0.15) is 6.61 Å². The van der Waals surface area contributed by atoms with Crippen LogP contribution in [0.15, 0.2) is 72.8 Å². The molecule has 146 valence electrons. The molecule has 0 saturated carbocycles. The first-order valence-electron chi connectivity index (χ1n) is 9.44. The van der Waals surface area contributed by atoms with Crippen LogP contribution in [0.1, 0.15) is 22.6 Å². The molecule has 3 aromatic carbocycles. The van der Waals surface area contributed by atoms with Crippen LogP contribution in [0.25, 0.3) is 17.2 Å². The van der Waals surface area contributed by atoms with Gasteiger partial charge in [-0.05, 0) is 46.0 Å². The van der Waals surface area contributed by atoms with E-state index in [2.05, 4.69) is 29.6 Å². The number of rotatable bonds is 5. The van der Waals surface area contributed by atoms with Crippen molar-refractivity contribution >= 4 is 29.5 Å². The van der Waals surface area contributed by atoms with E-state index >= 15 is 0 Å². The van der Waals surface area contributed by atoms with Gasteiger partial charge in [0.2, 0.25) is 0 Å². The first-order chi connectivity index (χ1) is 14.1. The third-order valence-electron chi connectivity index (χ3n) is 5.05. The molecule has 1 aliphatic rings. The fourth-order valence-electron chi connectivity index (χ4n) is 3.67. The summed E-state index contributed by atoms with van der Waals surface area (Å²) in [7, 11) is 0. The maximum atomic E-state index is 12.1. The topological polar surface area (TPSA) is 64.3 Å². The van der Waals surface area contributed by atoms with Crippen molar-refractivity contribution in [3.8, 4) is 11.1 Å². The summed E-state index contributed by atoms with van der Waals surface area (Å²) < 4.78 is 5.51. The summed E-state index contributed by atoms with van der Waals surface area (Å²) in [6.45, 7) is 0.632. The van der Waals surface area contributed by atoms with Crippen LogP contribution in [0.4, 0.5) is 10.5 Å². The van der Waals surface area contributed by atoms with Gasteiger partial charge in [-0.15, -0.1) is 0 Å².